The van der Waals surface area contributed by atoms with Crippen molar-refractivity contribution in [3.8, 4) is 0 Å². The Hall–Kier alpha value is -3.49. The number of carbonyl (C=O) groups excluding carboxylic acids is 2. The Labute approximate surface area is 175 Å². The molecular formula is C20H15ClN4O3S. The normalized spacial score (nSPS) is 10.7. The first kappa shape index (κ1) is 20.2. The highest BCUT2D eigenvalue weighted by Gasteiger charge is 2.12. The molecule has 0 spiro atoms. The standard InChI is InChI=1S/C20H15ClN4O3S/c21-14-8-5-12(6-9-14)7-10-17(26)23-20(29)25-24-19(27)15-11-13-3-1-2-4-16(13)28-18(15)22/h1-11,22H,(H,24,27)(H2,23,25,26,29)/b10-7+,22-18?. The first-order valence-corrected chi connectivity index (χ1v) is 9.13. The second kappa shape index (κ2) is 9.13. The summed E-state index contributed by atoms with van der Waals surface area (Å²) in [6.45, 7) is 0. The molecule has 0 aliphatic heterocycles. The van der Waals surface area contributed by atoms with Gasteiger partial charge in [0.2, 0.25) is 11.5 Å². The van der Waals surface area contributed by atoms with Crippen molar-refractivity contribution in [2.75, 3.05) is 0 Å². The van der Waals surface area contributed by atoms with Gasteiger partial charge in [0.05, 0.1) is 0 Å². The molecule has 0 unspecified atom stereocenters. The summed E-state index contributed by atoms with van der Waals surface area (Å²) in [5.41, 5.74) is 5.76. The summed E-state index contributed by atoms with van der Waals surface area (Å²) in [6, 6.07) is 15.5. The van der Waals surface area contributed by atoms with Crippen LogP contribution in [0.4, 0.5) is 0 Å². The van der Waals surface area contributed by atoms with Crippen molar-refractivity contribution >= 4 is 57.8 Å². The van der Waals surface area contributed by atoms with E-state index in [1.807, 2.05) is 0 Å². The number of amides is 2. The maximum atomic E-state index is 12.3. The Kier molecular flexibility index (Phi) is 6.38. The fourth-order valence-electron chi connectivity index (χ4n) is 2.36. The molecule has 0 saturated carbocycles. The molecule has 0 radical (unpaired) electrons. The first-order chi connectivity index (χ1) is 13.9. The van der Waals surface area contributed by atoms with E-state index < -0.39 is 11.8 Å². The van der Waals surface area contributed by atoms with Crippen LogP contribution in [0.5, 0.6) is 0 Å². The number of para-hydroxylation sites is 1. The van der Waals surface area contributed by atoms with Crippen molar-refractivity contribution in [1.29, 1.82) is 5.41 Å². The first-order valence-electron chi connectivity index (χ1n) is 8.35. The zero-order valence-corrected chi connectivity index (χ0v) is 16.4. The third-order valence-corrected chi connectivity index (χ3v) is 4.20. The maximum Gasteiger partial charge on any atom is 0.275 e. The van der Waals surface area contributed by atoms with E-state index in [2.05, 4.69) is 16.2 Å². The van der Waals surface area contributed by atoms with Crippen LogP contribution in [0, 0.1) is 5.41 Å². The maximum absolute atomic E-state index is 12.3. The topological polar surface area (TPSA) is 107 Å². The van der Waals surface area contributed by atoms with Gasteiger partial charge in [-0.25, -0.2) is 0 Å². The van der Waals surface area contributed by atoms with Crippen molar-refractivity contribution in [2.24, 2.45) is 0 Å². The van der Waals surface area contributed by atoms with Crippen LogP contribution in [0.15, 0.2) is 65.1 Å². The molecule has 0 saturated heterocycles. The second-order valence-electron chi connectivity index (χ2n) is 5.81. The van der Waals surface area contributed by atoms with E-state index in [1.54, 1.807) is 54.6 Å². The van der Waals surface area contributed by atoms with E-state index in [-0.39, 0.29) is 16.2 Å². The van der Waals surface area contributed by atoms with Gasteiger partial charge in [-0.1, -0.05) is 41.9 Å². The van der Waals surface area contributed by atoms with Gasteiger partial charge in [-0.15, -0.1) is 0 Å². The highest BCUT2D eigenvalue weighted by Crippen LogP contribution is 2.12. The minimum absolute atomic E-state index is 0.0213. The lowest BCUT2D eigenvalue weighted by atomic mass is 10.2. The molecule has 0 bridgehead atoms. The van der Waals surface area contributed by atoms with Crippen molar-refractivity contribution in [1.82, 2.24) is 16.2 Å². The van der Waals surface area contributed by atoms with Crippen molar-refractivity contribution < 1.29 is 14.0 Å². The molecule has 7 nitrogen and oxygen atoms in total. The summed E-state index contributed by atoms with van der Waals surface area (Å²) >= 11 is 10.8. The number of hydrazine groups is 1. The number of rotatable bonds is 3. The average Bonchev–Trinajstić information content (AvgIpc) is 2.71. The van der Waals surface area contributed by atoms with E-state index in [0.717, 1.165) is 5.56 Å². The Balaban J connectivity index is 1.55. The van der Waals surface area contributed by atoms with Crippen LogP contribution in [0.25, 0.3) is 17.0 Å². The molecule has 4 N–H and O–H groups in total. The van der Waals surface area contributed by atoms with Crippen molar-refractivity contribution in [3.05, 3.63) is 82.4 Å². The molecule has 0 aliphatic carbocycles. The largest absolute Gasteiger partial charge is 0.438 e. The molecule has 0 atom stereocenters. The number of halogens is 1. The van der Waals surface area contributed by atoms with Crippen LogP contribution in [0.1, 0.15) is 15.9 Å². The van der Waals surface area contributed by atoms with Gasteiger partial charge in [-0.2, -0.15) is 0 Å². The number of nitrogens with one attached hydrogen (secondary N) is 4. The van der Waals surface area contributed by atoms with Gasteiger partial charge in [0, 0.05) is 16.5 Å². The fraction of sp³-hybridized carbons (Fsp3) is 0. The highest BCUT2D eigenvalue weighted by atomic mass is 35.5. The third kappa shape index (κ3) is 5.50. The molecule has 9 heteroatoms. The van der Waals surface area contributed by atoms with E-state index in [1.165, 1.54) is 12.1 Å². The minimum atomic E-state index is -0.627. The summed E-state index contributed by atoms with van der Waals surface area (Å²) in [5, 5.41) is 11.4. The van der Waals surface area contributed by atoms with Crippen LogP contribution in [-0.4, -0.2) is 16.9 Å². The van der Waals surface area contributed by atoms with E-state index in [0.29, 0.717) is 16.0 Å². The number of thiocarbonyl (C=S) groups is 1. The van der Waals surface area contributed by atoms with Crippen LogP contribution in [-0.2, 0) is 4.79 Å². The van der Waals surface area contributed by atoms with E-state index >= 15 is 0 Å². The highest BCUT2D eigenvalue weighted by molar-refractivity contribution is 7.80. The number of carbonyl (C=O) groups is 2. The zero-order chi connectivity index (χ0) is 20.8. The van der Waals surface area contributed by atoms with Crippen LogP contribution >= 0.6 is 23.8 Å². The summed E-state index contributed by atoms with van der Waals surface area (Å²) in [6.07, 6.45) is 2.89. The second-order valence-corrected chi connectivity index (χ2v) is 6.65. The van der Waals surface area contributed by atoms with Crippen LogP contribution in [0.3, 0.4) is 0 Å². The predicted molar refractivity (Wildman–Crippen MR) is 114 cm³/mol. The van der Waals surface area contributed by atoms with Gasteiger partial charge < -0.3 is 4.42 Å². The zero-order valence-electron chi connectivity index (χ0n) is 14.9. The molecular weight excluding hydrogens is 412 g/mol. The molecule has 0 fully saturated rings. The minimum Gasteiger partial charge on any atom is -0.438 e. The summed E-state index contributed by atoms with van der Waals surface area (Å²) in [4.78, 5) is 24.2. The molecule has 0 aliphatic rings. The number of hydrogen-bond acceptors (Lipinski definition) is 5. The smallest absolute Gasteiger partial charge is 0.275 e. The number of benzene rings is 2. The molecule has 29 heavy (non-hydrogen) atoms. The van der Waals surface area contributed by atoms with Crippen LogP contribution < -0.4 is 21.7 Å². The Bertz CT molecular complexity index is 1170. The lowest BCUT2D eigenvalue weighted by Crippen LogP contribution is -2.48. The Morgan fingerprint density at radius 1 is 1.07 bits per heavy atom. The van der Waals surface area contributed by atoms with Gasteiger partial charge >= 0.3 is 0 Å². The fourth-order valence-corrected chi connectivity index (χ4v) is 2.64. The summed E-state index contributed by atoms with van der Waals surface area (Å²) in [5.74, 6) is -1.11. The monoisotopic (exact) mass is 426 g/mol. The third-order valence-electron chi connectivity index (χ3n) is 3.74. The number of hydrogen-bond donors (Lipinski definition) is 4. The van der Waals surface area contributed by atoms with Gasteiger partial charge in [-0.3, -0.25) is 31.2 Å². The van der Waals surface area contributed by atoms with Crippen LogP contribution in [0.2, 0.25) is 5.02 Å². The molecule has 1 aromatic heterocycles. The molecule has 146 valence electrons. The van der Waals surface area contributed by atoms with E-state index in [9.17, 15) is 9.59 Å². The molecule has 3 aromatic rings. The summed E-state index contributed by atoms with van der Waals surface area (Å²) in [7, 11) is 0. The molecule has 2 amide bonds. The van der Waals surface area contributed by atoms with Crippen molar-refractivity contribution in [3.63, 3.8) is 0 Å². The Morgan fingerprint density at radius 3 is 2.55 bits per heavy atom. The van der Waals surface area contributed by atoms with Gasteiger partial charge in [-0.05, 0) is 48.1 Å². The predicted octanol–water partition coefficient (Wildman–Crippen LogP) is 2.91. The lowest BCUT2D eigenvalue weighted by Gasteiger charge is -2.10. The molecule has 3 rings (SSSR count). The lowest BCUT2D eigenvalue weighted by molar-refractivity contribution is -0.115. The number of fused-ring (bicyclic) bond motifs is 1. The Morgan fingerprint density at radius 2 is 1.79 bits per heavy atom. The SMILES string of the molecule is N=c1oc2ccccc2cc1C(=O)NNC(=S)NC(=O)/C=C/c1ccc(Cl)cc1. The van der Waals surface area contributed by atoms with E-state index in [4.69, 9.17) is 33.6 Å². The van der Waals surface area contributed by atoms with Crippen molar-refractivity contribution in [2.45, 2.75) is 0 Å². The summed E-state index contributed by atoms with van der Waals surface area (Å²) < 4.78 is 5.32. The average molecular weight is 427 g/mol. The molecule has 2 aromatic carbocycles. The van der Waals surface area contributed by atoms with Gasteiger partial charge in [0.15, 0.2) is 5.11 Å². The molecule has 1 heterocycles. The van der Waals surface area contributed by atoms with Gasteiger partial charge in [0.25, 0.3) is 5.91 Å². The van der Waals surface area contributed by atoms with Gasteiger partial charge in [0.1, 0.15) is 11.1 Å². The quantitative estimate of drug-likeness (QED) is 0.292.